The lowest BCUT2D eigenvalue weighted by Crippen LogP contribution is -2.54. The molecule has 2 N–H and O–H groups in total. The third-order valence-electron chi connectivity index (χ3n) is 2.88. The number of nitro groups is 1. The van der Waals surface area contributed by atoms with Crippen molar-refractivity contribution in [3.05, 3.63) is 32.8 Å². The highest BCUT2D eigenvalue weighted by molar-refractivity contribution is 9.10. The van der Waals surface area contributed by atoms with Crippen LogP contribution in [0.5, 0.6) is 5.75 Å². The molecule has 1 aromatic rings. The summed E-state index contributed by atoms with van der Waals surface area (Å²) < 4.78 is 5.98. The minimum Gasteiger partial charge on any atom is -0.490 e. The zero-order valence-electron chi connectivity index (χ0n) is 11.8. The largest absolute Gasteiger partial charge is 0.490 e. The van der Waals surface area contributed by atoms with Crippen molar-refractivity contribution in [1.82, 2.24) is 5.32 Å². The number of nitrogens with one attached hydrogen (secondary N) is 1. The van der Waals surface area contributed by atoms with Crippen LogP contribution in [0.2, 0.25) is 0 Å². The van der Waals surface area contributed by atoms with Crippen LogP contribution in [0, 0.1) is 10.1 Å². The van der Waals surface area contributed by atoms with Gasteiger partial charge in [-0.1, -0.05) is 6.92 Å². The highest BCUT2D eigenvalue weighted by Gasteiger charge is 2.33. The maximum Gasteiger partial charge on any atom is 0.327 e. The maximum atomic E-state index is 11.3. The molecule has 0 aliphatic carbocycles. The average Bonchev–Trinajstić information content (AvgIpc) is 2.43. The lowest BCUT2D eigenvalue weighted by Gasteiger charge is -2.26. The van der Waals surface area contributed by atoms with E-state index in [1.54, 1.807) is 0 Å². The van der Waals surface area contributed by atoms with Crippen LogP contribution < -0.4 is 10.1 Å². The summed E-state index contributed by atoms with van der Waals surface area (Å²) in [5.41, 5.74) is -1.38. The molecule has 0 saturated carbocycles. The molecule has 0 amide bonds. The summed E-state index contributed by atoms with van der Waals surface area (Å²) in [6.07, 6.45) is 0.781. The number of halogens is 1. The van der Waals surface area contributed by atoms with Crippen LogP contribution in [0.4, 0.5) is 5.69 Å². The fraction of sp³-hybridized carbons (Fsp3) is 0.462. The lowest BCUT2D eigenvalue weighted by molar-refractivity contribution is -0.385. The van der Waals surface area contributed by atoms with Gasteiger partial charge in [0.25, 0.3) is 5.69 Å². The zero-order chi connectivity index (χ0) is 16.0. The normalized spacial score (nSPS) is 13.5. The molecule has 0 bridgehead atoms. The van der Waals surface area contributed by atoms with Gasteiger partial charge in [-0.2, -0.15) is 0 Å². The molecular weight excluding hydrogens is 344 g/mol. The number of ether oxygens (including phenoxy) is 1. The van der Waals surface area contributed by atoms with E-state index in [2.05, 4.69) is 21.2 Å². The second-order valence-corrected chi connectivity index (χ2v) is 5.58. The summed E-state index contributed by atoms with van der Waals surface area (Å²) >= 11 is 3.22. The van der Waals surface area contributed by atoms with Crippen molar-refractivity contribution in [2.75, 3.05) is 13.2 Å². The standard InChI is InChI=1S/C13H17BrN2O5/c1-3-6-15-13(2,12(17)18)8-21-11-7-9(16(19)20)4-5-10(11)14/h4-5,7,15H,3,6,8H2,1-2H3,(H,17,18). The summed E-state index contributed by atoms with van der Waals surface area (Å²) in [6, 6.07) is 4.08. The Kier molecular flexibility index (Phi) is 6.10. The van der Waals surface area contributed by atoms with E-state index in [9.17, 15) is 20.0 Å². The molecule has 0 aromatic heterocycles. The highest BCUT2D eigenvalue weighted by Crippen LogP contribution is 2.29. The van der Waals surface area contributed by atoms with Crippen molar-refractivity contribution in [3.8, 4) is 5.75 Å². The van der Waals surface area contributed by atoms with Gasteiger partial charge in [0, 0.05) is 6.07 Å². The Morgan fingerprint density at radius 3 is 2.76 bits per heavy atom. The predicted octanol–water partition coefficient (Wildman–Crippen LogP) is 2.58. The third kappa shape index (κ3) is 4.68. The van der Waals surface area contributed by atoms with Crippen LogP contribution in [-0.2, 0) is 4.79 Å². The summed E-state index contributed by atoms with van der Waals surface area (Å²) in [5.74, 6) is -0.813. The van der Waals surface area contributed by atoms with Crippen LogP contribution in [0.25, 0.3) is 0 Å². The van der Waals surface area contributed by atoms with Crippen LogP contribution in [0.3, 0.4) is 0 Å². The van der Waals surface area contributed by atoms with Crippen molar-refractivity contribution in [2.45, 2.75) is 25.8 Å². The van der Waals surface area contributed by atoms with E-state index in [0.717, 1.165) is 6.42 Å². The van der Waals surface area contributed by atoms with Gasteiger partial charge in [-0.15, -0.1) is 0 Å². The number of rotatable bonds is 8. The Labute approximate surface area is 130 Å². The molecule has 7 nitrogen and oxygen atoms in total. The summed E-state index contributed by atoms with van der Waals surface area (Å²) in [7, 11) is 0. The first-order valence-electron chi connectivity index (χ1n) is 6.35. The Morgan fingerprint density at radius 2 is 2.24 bits per heavy atom. The molecule has 8 heteroatoms. The molecular formula is C13H17BrN2O5. The van der Waals surface area contributed by atoms with Gasteiger partial charge in [-0.05, 0) is 41.9 Å². The number of hydrogen-bond donors (Lipinski definition) is 2. The average molecular weight is 361 g/mol. The molecule has 0 aliphatic rings. The van der Waals surface area contributed by atoms with Crippen LogP contribution >= 0.6 is 15.9 Å². The first-order valence-corrected chi connectivity index (χ1v) is 7.14. The Bertz CT molecular complexity index is 537. The van der Waals surface area contributed by atoms with Gasteiger partial charge in [0.05, 0.1) is 15.5 Å². The van der Waals surface area contributed by atoms with E-state index >= 15 is 0 Å². The number of carboxylic acids is 1. The summed E-state index contributed by atoms with van der Waals surface area (Å²) in [6.45, 7) is 3.81. The number of benzene rings is 1. The van der Waals surface area contributed by atoms with Crippen molar-refractivity contribution in [3.63, 3.8) is 0 Å². The van der Waals surface area contributed by atoms with E-state index in [-0.39, 0.29) is 18.0 Å². The van der Waals surface area contributed by atoms with E-state index in [0.29, 0.717) is 11.0 Å². The number of aliphatic carboxylic acids is 1. The van der Waals surface area contributed by atoms with Gasteiger partial charge >= 0.3 is 5.97 Å². The van der Waals surface area contributed by atoms with Crippen LogP contribution in [0.1, 0.15) is 20.3 Å². The summed E-state index contributed by atoms with van der Waals surface area (Å²) in [5, 5.41) is 22.9. The molecule has 0 saturated heterocycles. The van der Waals surface area contributed by atoms with Gasteiger partial charge < -0.3 is 9.84 Å². The Hall–Kier alpha value is -1.67. The maximum absolute atomic E-state index is 11.3. The van der Waals surface area contributed by atoms with Gasteiger partial charge in [-0.25, -0.2) is 0 Å². The number of hydrogen-bond acceptors (Lipinski definition) is 5. The molecule has 116 valence electrons. The minimum absolute atomic E-state index is 0.119. The van der Waals surface area contributed by atoms with Gasteiger partial charge in [0.2, 0.25) is 0 Å². The SMILES string of the molecule is CCCNC(C)(COc1cc([N+](=O)[O-])ccc1Br)C(=O)O. The Balaban J connectivity index is 2.87. The van der Waals surface area contributed by atoms with Crippen molar-refractivity contribution >= 4 is 27.6 Å². The van der Waals surface area contributed by atoms with Gasteiger partial charge in [-0.3, -0.25) is 20.2 Å². The molecule has 0 heterocycles. The molecule has 0 fully saturated rings. The minimum atomic E-state index is -1.26. The number of nitrogens with zero attached hydrogens (tertiary/aromatic N) is 1. The molecule has 0 radical (unpaired) electrons. The quantitative estimate of drug-likeness (QED) is 0.545. The summed E-state index contributed by atoms with van der Waals surface area (Å²) in [4.78, 5) is 21.6. The highest BCUT2D eigenvalue weighted by atomic mass is 79.9. The molecule has 1 atom stereocenters. The van der Waals surface area contributed by atoms with E-state index in [1.807, 2.05) is 6.92 Å². The monoisotopic (exact) mass is 360 g/mol. The van der Waals surface area contributed by atoms with Crippen LogP contribution in [-0.4, -0.2) is 34.7 Å². The van der Waals surface area contributed by atoms with Crippen molar-refractivity contribution < 1.29 is 19.6 Å². The molecule has 21 heavy (non-hydrogen) atoms. The fourth-order valence-corrected chi connectivity index (χ4v) is 1.89. The Morgan fingerprint density at radius 1 is 1.57 bits per heavy atom. The second-order valence-electron chi connectivity index (χ2n) is 4.72. The smallest absolute Gasteiger partial charge is 0.327 e. The second kappa shape index (κ2) is 7.37. The molecule has 1 unspecified atom stereocenters. The lowest BCUT2D eigenvalue weighted by atomic mass is 10.0. The first-order chi connectivity index (χ1) is 9.80. The number of nitro benzene ring substituents is 1. The molecule has 0 spiro atoms. The van der Waals surface area contributed by atoms with Gasteiger partial charge in [0.15, 0.2) is 0 Å². The van der Waals surface area contributed by atoms with E-state index < -0.39 is 16.4 Å². The third-order valence-corrected chi connectivity index (χ3v) is 3.53. The van der Waals surface area contributed by atoms with E-state index in [1.165, 1.54) is 25.1 Å². The topological polar surface area (TPSA) is 102 Å². The number of carboxylic acid groups (broad SMARTS) is 1. The van der Waals surface area contributed by atoms with Crippen molar-refractivity contribution in [2.24, 2.45) is 0 Å². The first kappa shape index (κ1) is 17.4. The van der Waals surface area contributed by atoms with Gasteiger partial charge in [0.1, 0.15) is 17.9 Å². The van der Waals surface area contributed by atoms with Crippen molar-refractivity contribution in [1.29, 1.82) is 0 Å². The fourth-order valence-electron chi connectivity index (χ4n) is 1.53. The molecule has 0 aliphatic heterocycles. The predicted molar refractivity (Wildman–Crippen MR) is 80.6 cm³/mol. The number of carbonyl (C=O) groups is 1. The molecule has 1 aromatic carbocycles. The molecule has 1 rings (SSSR count). The zero-order valence-corrected chi connectivity index (χ0v) is 13.3. The van der Waals surface area contributed by atoms with E-state index in [4.69, 9.17) is 4.74 Å². The number of non-ortho nitro benzene ring substituents is 1. The van der Waals surface area contributed by atoms with Crippen LogP contribution in [0.15, 0.2) is 22.7 Å².